The normalized spacial score (nSPS) is 39.0. The lowest BCUT2D eigenvalue weighted by atomic mass is 9.62. The summed E-state index contributed by atoms with van der Waals surface area (Å²) in [5.74, 6) is 1.88. The van der Waals surface area contributed by atoms with E-state index in [1.165, 1.54) is 11.3 Å². The van der Waals surface area contributed by atoms with Gasteiger partial charge in [-0.15, -0.1) is 11.3 Å². The van der Waals surface area contributed by atoms with E-state index in [4.69, 9.17) is 14.5 Å². The highest BCUT2D eigenvalue weighted by Crippen LogP contribution is 2.53. The van der Waals surface area contributed by atoms with Gasteiger partial charge >= 0.3 is 0 Å². The van der Waals surface area contributed by atoms with Crippen molar-refractivity contribution in [3.8, 4) is 0 Å². The van der Waals surface area contributed by atoms with Crippen LogP contribution in [0.5, 0.6) is 0 Å². The molecule has 0 aromatic carbocycles. The van der Waals surface area contributed by atoms with Crippen LogP contribution in [-0.4, -0.2) is 35.4 Å². The number of hydrogen-bond acceptors (Lipinski definition) is 4. The number of carbonyl (C=O) groups is 1. The molecule has 3 saturated carbocycles. The van der Waals surface area contributed by atoms with Crippen LogP contribution in [0.1, 0.15) is 70.6 Å². The van der Waals surface area contributed by atoms with E-state index in [1.54, 1.807) is 18.4 Å². The Labute approximate surface area is 177 Å². The van der Waals surface area contributed by atoms with Crippen LogP contribution in [-0.2, 0) is 26.2 Å². The number of hydrogen-bond donors (Lipinski definition) is 0. The minimum atomic E-state index is -0.643. The molecule has 1 aromatic heterocycles. The van der Waals surface area contributed by atoms with E-state index in [0.717, 1.165) is 49.9 Å². The molecule has 5 nitrogen and oxygen atoms in total. The standard InChI is InChI=1S/C23H34N2O3S/c1-22(2,3)19-13-25(12-16-8-17(9-16)27-4)21(29-19)24-20(26)23-10-14-5-15(11-23)7-18(6-14)28-23/h13-18H,5-12H2,1-4H3/b24-21-/t14?,15?,16-,17+,18?,23?. The Morgan fingerprint density at radius 1 is 1.24 bits per heavy atom. The molecule has 4 bridgehead atoms. The lowest BCUT2D eigenvalue weighted by molar-refractivity contribution is -0.216. The molecule has 1 amide bonds. The number of amides is 1. The van der Waals surface area contributed by atoms with E-state index in [9.17, 15) is 4.79 Å². The molecular weight excluding hydrogens is 384 g/mol. The topological polar surface area (TPSA) is 52.8 Å². The molecule has 6 rings (SSSR count). The van der Waals surface area contributed by atoms with Crippen LogP contribution in [0.25, 0.3) is 0 Å². The Morgan fingerprint density at radius 3 is 2.52 bits per heavy atom. The van der Waals surface area contributed by atoms with Gasteiger partial charge in [0, 0.05) is 24.7 Å². The van der Waals surface area contributed by atoms with Gasteiger partial charge in [0.2, 0.25) is 0 Å². The maximum Gasteiger partial charge on any atom is 0.280 e. The van der Waals surface area contributed by atoms with Gasteiger partial charge in [0.25, 0.3) is 5.91 Å². The molecule has 2 atom stereocenters. The highest BCUT2D eigenvalue weighted by molar-refractivity contribution is 7.09. The fraction of sp³-hybridized carbons (Fsp3) is 0.826. The summed E-state index contributed by atoms with van der Waals surface area (Å²) >= 11 is 1.67. The first kappa shape index (κ1) is 20.0. The van der Waals surface area contributed by atoms with Gasteiger partial charge in [0.15, 0.2) is 4.80 Å². The summed E-state index contributed by atoms with van der Waals surface area (Å²) in [6.07, 6.45) is 10.4. The molecular formula is C23H34N2O3S. The maximum atomic E-state index is 13.4. The van der Waals surface area contributed by atoms with Crippen molar-refractivity contribution in [3.05, 3.63) is 15.9 Å². The van der Waals surface area contributed by atoms with Crippen LogP contribution in [0, 0.1) is 17.8 Å². The van der Waals surface area contributed by atoms with Gasteiger partial charge in [-0.3, -0.25) is 4.79 Å². The van der Waals surface area contributed by atoms with E-state index in [-0.39, 0.29) is 17.4 Å². The number of thiazole rings is 1. The summed E-state index contributed by atoms with van der Waals surface area (Å²) in [4.78, 5) is 20.3. The van der Waals surface area contributed by atoms with E-state index in [0.29, 0.717) is 23.9 Å². The Hall–Kier alpha value is -0.980. The third-order valence-corrected chi connectivity index (χ3v) is 8.96. The summed E-state index contributed by atoms with van der Waals surface area (Å²) in [6.45, 7) is 7.59. The predicted molar refractivity (Wildman–Crippen MR) is 113 cm³/mol. The van der Waals surface area contributed by atoms with Crippen molar-refractivity contribution in [1.29, 1.82) is 0 Å². The molecule has 0 spiro atoms. The van der Waals surface area contributed by atoms with Crippen LogP contribution in [0.15, 0.2) is 11.2 Å². The molecule has 0 radical (unpaired) electrons. The number of ether oxygens (including phenoxy) is 2. The van der Waals surface area contributed by atoms with Crippen LogP contribution >= 0.6 is 11.3 Å². The molecule has 3 heterocycles. The molecule has 2 saturated heterocycles. The summed E-state index contributed by atoms with van der Waals surface area (Å²) < 4.78 is 14.0. The van der Waals surface area contributed by atoms with Crippen molar-refractivity contribution >= 4 is 17.2 Å². The van der Waals surface area contributed by atoms with E-state index >= 15 is 0 Å². The fourth-order valence-corrected chi connectivity index (χ4v) is 7.07. The first-order valence-corrected chi connectivity index (χ1v) is 12.1. The van der Waals surface area contributed by atoms with Gasteiger partial charge < -0.3 is 14.0 Å². The molecule has 2 unspecified atom stereocenters. The molecule has 29 heavy (non-hydrogen) atoms. The zero-order chi connectivity index (χ0) is 20.4. The van der Waals surface area contributed by atoms with Crippen molar-refractivity contribution in [2.75, 3.05) is 7.11 Å². The summed E-state index contributed by atoms with van der Waals surface area (Å²) in [5, 5.41) is 0. The van der Waals surface area contributed by atoms with Crippen LogP contribution in [0.3, 0.4) is 0 Å². The molecule has 5 aliphatic rings. The molecule has 1 aromatic rings. The monoisotopic (exact) mass is 418 g/mol. The molecule has 5 fully saturated rings. The highest BCUT2D eigenvalue weighted by Gasteiger charge is 2.56. The predicted octanol–water partition coefficient (Wildman–Crippen LogP) is 4.05. The quantitative estimate of drug-likeness (QED) is 0.741. The van der Waals surface area contributed by atoms with Gasteiger partial charge in [-0.2, -0.15) is 4.99 Å². The van der Waals surface area contributed by atoms with Crippen LogP contribution < -0.4 is 4.80 Å². The van der Waals surface area contributed by atoms with Crippen molar-refractivity contribution in [2.45, 2.75) is 95.5 Å². The number of carbonyl (C=O) groups excluding carboxylic acids is 1. The zero-order valence-corrected chi connectivity index (χ0v) is 19.0. The zero-order valence-electron chi connectivity index (χ0n) is 18.1. The maximum absolute atomic E-state index is 13.4. The van der Waals surface area contributed by atoms with Gasteiger partial charge in [0.1, 0.15) is 5.60 Å². The van der Waals surface area contributed by atoms with Gasteiger partial charge in [0.05, 0.1) is 12.2 Å². The first-order valence-electron chi connectivity index (χ1n) is 11.2. The first-order chi connectivity index (χ1) is 13.7. The van der Waals surface area contributed by atoms with Crippen molar-refractivity contribution in [1.82, 2.24) is 4.57 Å². The molecule has 160 valence electrons. The second-order valence-electron chi connectivity index (χ2n) is 11.0. The van der Waals surface area contributed by atoms with Crippen molar-refractivity contribution < 1.29 is 14.3 Å². The average Bonchev–Trinajstić information content (AvgIpc) is 2.99. The molecule has 6 heteroatoms. The van der Waals surface area contributed by atoms with Gasteiger partial charge in [-0.25, -0.2) is 0 Å². The molecule has 3 aliphatic carbocycles. The van der Waals surface area contributed by atoms with Crippen molar-refractivity contribution in [2.24, 2.45) is 22.7 Å². The Bertz CT molecular complexity index is 821. The van der Waals surface area contributed by atoms with Crippen LogP contribution in [0.2, 0.25) is 0 Å². The second-order valence-corrected chi connectivity index (χ2v) is 12.0. The van der Waals surface area contributed by atoms with Crippen molar-refractivity contribution in [3.63, 3.8) is 0 Å². The average molecular weight is 419 g/mol. The SMILES string of the molecule is CO[C@H]1C[C@@H](Cn2cc(C(C)(C)C)s/c2=N\C(=O)C23CC4CC(CC(C4)O2)C3)C1. The van der Waals surface area contributed by atoms with E-state index in [2.05, 4.69) is 31.5 Å². The smallest absolute Gasteiger partial charge is 0.280 e. The Kier molecular flexibility index (Phi) is 4.84. The Morgan fingerprint density at radius 2 is 1.93 bits per heavy atom. The van der Waals surface area contributed by atoms with Gasteiger partial charge in [-0.05, 0) is 68.1 Å². The molecule has 0 N–H and O–H groups in total. The lowest BCUT2D eigenvalue weighted by Gasteiger charge is -2.54. The number of aromatic nitrogens is 1. The number of rotatable bonds is 4. The minimum absolute atomic E-state index is 0.0314. The highest BCUT2D eigenvalue weighted by atomic mass is 32.1. The van der Waals surface area contributed by atoms with Gasteiger partial charge in [-0.1, -0.05) is 20.8 Å². The largest absolute Gasteiger partial charge is 0.381 e. The third kappa shape index (κ3) is 3.66. The minimum Gasteiger partial charge on any atom is -0.381 e. The third-order valence-electron chi connectivity index (χ3n) is 7.52. The van der Waals surface area contributed by atoms with Crippen LogP contribution in [0.4, 0.5) is 0 Å². The number of methoxy groups -OCH3 is 1. The molecule has 2 aliphatic heterocycles. The second kappa shape index (κ2) is 7.03. The lowest BCUT2D eigenvalue weighted by Crippen LogP contribution is -2.58. The summed E-state index contributed by atoms with van der Waals surface area (Å²) in [5.41, 5.74) is -0.592. The summed E-state index contributed by atoms with van der Waals surface area (Å²) in [6, 6.07) is 0. The Balaban J connectivity index is 1.44. The van der Waals surface area contributed by atoms with E-state index in [1.807, 2.05) is 0 Å². The summed E-state index contributed by atoms with van der Waals surface area (Å²) in [7, 11) is 1.79. The number of nitrogens with zero attached hydrogens (tertiary/aromatic N) is 2. The van der Waals surface area contributed by atoms with E-state index < -0.39 is 5.60 Å². The fourth-order valence-electron chi connectivity index (χ4n) is 6.02.